The van der Waals surface area contributed by atoms with Gasteiger partial charge in [-0.3, -0.25) is 14.6 Å². The van der Waals surface area contributed by atoms with Gasteiger partial charge in [0.15, 0.2) is 0 Å². The molecule has 2 unspecified atom stereocenters. The van der Waals surface area contributed by atoms with E-state index in [0.29, 0.717) is 24.7 Å². The lowest BCUT2D eigenvalue weighted by atomic mass is 10.1. The van der Waals surface area contributed by atoms with E-state index >= 15 is 0 Å². The van der Waals surface area contributed by atoms with E-state index in [1.807, 2.05) is 30.3 Å². The molecule has 1 saturated carbocycles. The third-order valence-electron chi connectivity index (χ3n) is 5.39. The molecule has 7 nitrogen and oxygen atoms in total. The summed E-state index contributed by atoms with van der Waals surface area (Å²) in [5, 5.41) is 8.47. The van der Waals surface area contributed by atoms with Crippen LogP contribution in [0.1, 0.15) is 40.9 Å². The van der Waals surface area contributed by atoms with Gasteiger partial charge in [-0.25, -0.2) is 4.68 Å². The zero-order valence-corrected chi connectivity index (χ0v) is 15.2. The number of aromatic nitrogens is 3. The minimum absolute atomic E-state index is 0.170. The molecular formula is C21H20N4O3. The average Bonchev–Trinajstić information content (AvgIpc) is 3.47. The van der Waals surface area contributed by atoms with Crippen LogP contribution in [-0.2, 0) is 4.74 Å². The normalized spacial score (nSPS) is 21.7. The Morgan fingerprint density at radius 1 is 1.14 bits per heavy atom. The summed E-state index contributed by atoms with van der Waals surface area (Å²) in [7, 11) is 0. The minimum Gasteiger partial charge on any atom is -0.377 e. The number of fused-ring (bicyclic) bond motifs is 1. The molecule has 7 heteroatoms. The molecule has 3 heterocycles. The fraction of sp³-hybridized carbons (Fsp3) is 0.333. The van der Waals surface area contributed by atoms with Crippen LogP contribution in [0.15, 0.2) is 53.5 Å². The second kappa shape index (κ2) is 6.83. The molecule has 1 aliphatic heterocycles. The van der Waals surface area contributed by atoms with Gasteiger partial charge in [0.1, 0.15) is 6.04 Å². The van der Waals surface area contributed by atoms with Gasteiger partial charge in [0.25, 0.3) is 11.5 Å². The quantitative estimate of drug-likeness (QED) is 0.753. The number of carbonyl (C=O) groups is 1. The summed E-state index contributed by atoms with van der Waals surface area (Å²) >= 11 is 0. The van der Waals surface area contributed by atoms with Gasteiger partial charge in [-0.2, -0.15) is 5.10 Å². The SMILES string of the molecule is O=C(NC1COCC1n1nc(C2CC2)ccc1=O)c1ccc2ncccc2c1. The maximum atomic E-state index is 12.8. The van der Waals surface area contributed by atoms with Crippen molar-refractivity contribution >= 4 is 16.8 Å². The van der Waals surface area contributed by atoms with Gasteiger partial charge in [0.2, 0.25) is 0 Å². The van der Waals surface area contributed by atoms with Crippen LogP contribution in [0.25, 0.3) is 10.9 Å². The lowest BCUT2D eigenvalue weighted by Crippen LogP contribution is -2.44. The Morgan fingerprint density at radius 2 is 2.04 bits per heavy atom. The number of benzene rings is 1. The van der Waals surface area contributed by atoms with Crippen molar-refractivity contribution in [1.82, 2.24) is 20.1 Å². The number of pyridine rings is 1. The Bertz CT molecular complexity index is 1110. The monoisotopic (exact) mass is 376 g/mol. The number of ether oxygens (including phenoxy) is 1. The molecule has 1 N–H and O–H groups in total. The zero-order chi connectivity index (χ0) is 19.1. The molecule has 1 aromatic carbocycles. The van der Waals surface area contributed by atoms with Gasteiger partial charge >= 0.3 is 0 Å². The molecule has 0 spiro atoms. The summed E-state index contributed by atoms with van der Waals surface area (Å²) in [5.41, 5.74) is 2.17. The second-order valence-electron chi connectivity index (χ2n) is 7.41. The Hall–Kier alpha value is -3.06. The molecular weight excluding hydrogens is 356 g/mol. The smallest absolute Gasteiger partial charge is 0.267 e. The molecule has 0 radical (unpaired) electrons. The van der Waals surface area contributed by atoms with Crippen molar-refractivity contribution in [2.24, 2.45) is 0 Å². The van der Waals surface area contributed by atoms with Crippen LogP contribution in [0.4, 0.5) is 0 Å². The third kappa shape index (κ3) is 3.18. The molecule has 1 saturated heterocycles. The summed E-state index contributed by atoms with van der Waals surface area (Å²) < 4.78 is 7.06. The number of amides is 1. The molecule has 2 fully saturated rings. The number of nitrogens with zero attached hydrogens (tertiary/aromatic N) is 3. The fourth-order valence-corrected chi connectivity index (χ4v) is 3.66. The first-order chi connectivity index (χ1) is 13.7. The molecule has 3 aromatic rings. The van der Waals surface area contributed by atoms with E-state index in [9.17, 15) is 9.59 Å². The number of nitrogens with one attached hydrogen (secondary N) is 1. The highest BCUT2D eigenvalue weighted by molar-refractivity contribution is 5.98. The number of hydrogen-bond donors (Lipinski definition) is 1. The highest BCUT2D eigenvalue weighted by Crippen LogP contribution is 2.38. The maximum Gasteiger partial charge on any atom is 0.267 e. The van der Waals surface area contributed by atoms with Crippen LogP contribution in [0.2, 0.25) is 0 Å². The number of hydrogen-bond acceptors (Lipinski definition) is 5. The van der Waals surface area contributed by atoms with Crippen LogP contribution in [0.3, 0.4) is 0 Å². The van der Waals surface area contributed by atoms with Gasteiger partial charge in [-0.1, -0.05) is 6.07 Å². The van der Waals surface area contributed by atoms with Crippen LogP contribution in [-0.4, -0.2) is 39.9 Å². The Morgan fingerprint density at radius 3 is 2.89 bits per heavy atom. The fourth-order valence-electron chi connectivity index (χ4n) is 3.66. The molecule has 142 valence electrons. The largest absolute Gasteiger partial charge is 0.377 e. The first-order valence-corrected chi connectivity index (χ1v) is 9.52. The van der Waals surface area contributed by atoms with Gasteiger partial charge in [0.05, 0.1) is 30.5 Å². The van der Waals surface area contributed by atoms with Crippen molar-refractivity contribution in [3.63, 3.8) is 0 Å². The summed E-state index contributed by atoms with van der Waals surface area (Å²) in [6, 6.07) is 11.9. The van der Waals surface area contributed by atoms with Crippen molar-refractivity contribution < 1.29 is 9.53 Å². The molecule has 0 bridgehead atoms. The molecule has 2 aliphatic rings. The van der Waals surface area contributed by atoms with Crippen LogP contribution < -0.4 is 10.9 Å². The van der Waals surface area contributed by atoms with Gasteiger partial charge in [0, 0.05) is 29.1 Å². The highest BCUT2D eigenvalue weighted by atomic mass is 16.5. The molecule has 28 heavy (non-hydrogen) atoms. The van der Waals surface area contributed by atoms with E-state index < -0.39 is 0 Å². The van der Waals surface area contributed by atoms with Crippen LogP contribution in [0, 0.1) is 0 Å². The summed E-state index contributed by atoms with van der Waals surface area (Å²) in [5.74, 6) is 0.256. The van der Waals surface area contributed by atoms with Crippen LogP contribution in [0.5, 0.6) is 0 Å². The third-order valence-corrected chi connectivity index (χ3v) is 5.39. The number of carbonyl (C=O) groups excluding carboxylic acids is 1. The molecule has 2 aromatic heterocycles. The summed E-state index contributed by atoms with van der Waals surface area (Å²) in [6.07, 6.45) is 3.95. The summed E-state index contributed by atoms with van der Waals surface area (Å²) in [4.78, 5) is 29.4. The van der Waals surface area contributed by atoms with E-state index in [4.69, 9.17) is 4.74 Å². The predicted molar refractivity (Wildman–Crippen MR) is 103 cm³/mol. The average molecular weight is 376 g/mol. The predicted octanol–water partition coefficient (Wildman–Crippen LogP) is 2.04. The Balaban J connectivity index is 1.38. The van der Waals surface area contributed by atoms with E-state index in [2.05, 4.69) is 15.4 Å². The minimum atomic E-state index is -0.309. The van der Waals surface area contributed by atoms with E-state index in [1.165, 1.54) is 4.68 Å². The van der Waals surface area contributed by atoms with E-state index in [-0.39, 0.29) is 23.6 Å². The maximum absolute atomic E-state index is 12.8. The number of rotatable bonds is 4. The van der Waals surface area contributed by atoms with Crippen molar-refractivity contribution in [3.8, 4) is 0 Å². The highest BCUT2D eigenvalue weighted by Gasteiger charge is 2.34. The molecule has 2 atom stereocenters. The van der Waals surface area contributed by atoms with Crippen molar-refractivity contribution in [1.29, 1.82) is 0 Å². The Labute approximate surface area is 161 Å². The Kier molecular flexibility index (Phi) is 4.16. The molecule has 1 aliphatic carbocycles. The zero-order valence-electron chi connectivity index (χ0n) is 15.2. The first kappa shape index (κ1) is 17.1. The standard InChI is InChI=1S/C21H20N4O3/c26-20-8-7-17(13-3-4-13)24-25(20)19-12-28-11-18(19)23-21(27)15-5-6-16-14(10-15)2-1-9-22-16/h1-2,5-10,13,18-19H,3-4,11-12H2,(H,23,27). The molecule has 1 amide bonds. The topological polar surface area (TPSA) is 86.1 Å². The van der Waals surface area contributed by atoms with Gasteiger partial charge in [-0.15, -0.1) is 0 Å². The first-order valence-electron chi connectivity index (χ1n) is 9.52. The van der Waals surface area contributed by atoms with Crippen molar-refractivity contribution in [2.45, 2.75) is 30.8 Å². The van der Waals surface area contributed by atoms with Gasteiger partial charge < -0.3 is 10.1 Å². The lowest BCUT2D eigenvalue weighted by molar-refractivity contribution is 0.0924. The van der Waals surface area contributed by atoms with Crippen molar-refractivity contribution in [2.75, 3.05) is 13.2 Å². The van der Waals surface area contributed by atoms with Gasteiger partial charge in [-0.05, 0) is 43.2 Å². The van der Waals surface area contributed by atoms with Crippen LogP contribution >= 0.6 is 0 Å². The van der Waals surface area contributed by atoms with E-state index in [0.717, 1.165) is 29.4 Å². The molecule has 5 rings (SSSR count). The van der Waals surface area contributed by atoms with E-state index in [1.54, 1.807) is 18.3 Å². The second-order valence-corrected chi connectivity index (χ2v) is 7.41. The lowest BCUT2D eigenvalue weighted by Gasteiger charge is -2.21. The summed E-state index contributed by atoms with van der Waals surface area (Å²) in [6.45, 7) is 0.709. The van der Waals surface area contributed by atoms with Crippen molar-refractivity contribution in [3.05, 3.63) is 70.3 Å².